The van der Waals surface area contributed by atoms with Gasteiger partial charge in [0, 0.05) is 18.4 Å². The van der Waals surface area contributed by atoms with Gasteiger partial charge in [-0.05, 0) is 36.9 Å². The molecule has 5 rings (SSSR count). The second-order valence-corrected chi connectivity index (χ2v) is 12.7. The van der Waals surface area contributed by atoms with Crippen molar-refractivity contribution >= 4 is 37.3 Å². The summed E-state index contributed by atoms with van der Waals surface area (Å²) >= 11 is 0. The molecule has 1 atom stereocenters. The van der Waals surface area contributed by atoms with E-state index in [1.807, 2.05) is 4.90 Å². The van der Waals surface area contributed by atoms with Gasteiger partial charge in [-0.25, -0.2) is 31.5 Å². The van der Waals surface area contributed by atoms with E-state index in [9.17, 15) is 21.6 Å². The number of carbonyl (C=O) groups is 1. The zero-order valence-electron chi connectivity index (χ0n) is 20.2. The van der Waals surface area contributed by atoms with E-state index in [1.165, 1.54) is 31.3 Å². The maximum absolute atomic E-state index is 13.5. The van der Waals surface area contributed by atoms with Crippen LogP contribution >= 0.6 is 0 Å². The zero-order valence-corrected chi connectivity index (χ0v) is 21.8. The predicted molar refractivity (Wildman–Crippen MR) is 136 cm³/mol. The number of sulfonamides is 1. The number of anilines is 2. The van der Waals surface area contributed by atoms with Crippen LogP contribution in [-0.4, -0.2) is 71.8 Å². The van der Waals surface area contributed by atoms with Crippen LogP contribution in [0.1, 0.15) is 5.56 Å². The Morgan fingerprint density at radius 3 is 2.54 bits per heavy atom. The van der Waals surface area contributed by atoms with Gasteiger partial charge in [0.2, 0.25) is 10.0 Å². The number of aromatic nitrogens is 2. The summed E-state index contributed by atoms with van der Waals surface area (Å²) in [6.45, 7) is 1.30. The molecule has 2 aliphatic heterocycles. The monoisotopic (exact) mass is 543 g/mol. The Kier molecular flexibility index (Phi) is 6.48. The van der Waals surface area contributed by atoms with Crippen LogP contribution in [0, 0.1) is 0 Å². The lowest BCUT2D eigenvalue weighted by Gasteiger charge is -2.43. The summed E-state index contributed by atoms with van der Waals surface area (Å²) in [4.78, 5) is 26.5. The van der Waals surface area contributed by atoms with E-state index in [1.54, 1.807) is 35.4 Å². The van der Waals surface area contributed by atoms with Gasteiger partial charge in [0.15, 0.2) is 21.5 Å². The minimum atomic E-state index is -3.65. The Morgan fingerprint density at radius 2 is 1.84 bits per heavy atom. The highest BCUT2D eigenvalue weighted by Crippen LogP contribution is 2.37. The zero-order chi connectivity index (χ0) is 26.4. The number of hydrogen-bond acceptors (Lipinski definition) is 9. The molecule has 2 aromatic carbocycles. The molecule has 2 aliphatic rings. The van der Waals surface area contributed by atoms with Crippen molar-refractivity contribution in [2.75, 3.05) is 42.9 Å². The highest BCUT2D eigenvalue weighted by molar-refractivity contribution is 7.90. The molecule has 3 aromatic rings. The van der Waals surface area contributed by atoms with Gasteiger partial charge in [0.1, 0.15) is 11.7 Å². The first-order valence-electron chi connectivity index (χ1n) is 11.4. The molecule has 1 saturated heterocycles. The van der Waals surface area contributed by atoms with Gasteiger partial charge in [-0.2, -0.15) is 0 Å². The Bertz CT molecular complexity index is 1580. The van der Waals surface area contributed by atoms with E-state index in [0.717, 1.165) is 11.8 Å². The number of sulfone groups is 1. The lowest BCUT2D eigenvalue weighted by atomic mass is 10.1. The summed E-state index contributed by atoms with van der Waals surface area (Å²) in [5.41, 5.74) is 1.77. The third-order valence-electron chi connectivity index (χ3n) is 6.36. The molecule has 13 heteroatoms. The first-order valence-corrected chi connectivity index (χ1v) is 14.8. The number of nitrogens with one attached hydrogen (secondary N) is 1. The smallest absolute Gasteiger partial charge is 0.252 e. The third-order valence-corrected chi connectivity index (χ3v) is 8.90. The number of benzene rings is 2. The number of ether oxygens (including phenoxy) is 1. The van der Waals surface area contributed by atoms with Crippen molar-refractivity contribution in [2.45, 2.75) is 22.4 Å². The van der Waals surface area contributed by atoms with Gasteiger partial charge in [0.05, 0.1) is 35.7 Å². The molecule has 0 spiro atoms. The highest BCUT2D eigenvalue weighted by atomic mass is 32.2. The molecule has 0 bridgehead atoms. The summed E-state index contributed by atoms with van der Waals surface area (Å²) in [6, 6.07) is 12.1. The van der Waals surface area contributed by atoms with Gasteiger partial charge in [-0.1, -0.05) is 24.3 Å². The minimum absolute atomic E-state index is 0.0902. The van der Waals surface area contributed by atoms with Crippen molar-refractivity contribution in [1.29, 1.82) is 0 Å². The molecular formula is C24H25N5O6S2. The lowest BCUT2D eigenvalue weighted by molar-refractivity contribution is -0.122. The van der Waals surface area contributed by atoms with Gasteiger partial charge in [-0.15, -0.1) is 0 Å². The molecule has 37 heavy (non-hydrogen) atoms. The highest BCUT2D eigenvalue weighted by Gasteiger charge is 2.41. The summed E-state index contributed by atoms with van der Waals surface area (Å²) in [7, 11) is -5.65. The van der Waals surface area contributed by atoms with Crippen LogP contribution in [0.3, 0.4) is 0 Å². The maximum Gasteiger partial charge on any atom is 0.252 e. The van der Waals surface area contributed by atoms with Crippen LogP contribution in [-0.2, 0) is 35.9 Å². The molecule has 0 saturated carbocycles. The average Bonchev–Trinajstić information content (AvgIpc) is 2.90. The number of fused-ring (bicyclic) bond motifs is 3. The molecule has 0 aliphatic carbocycles. The molecule has 1 amide bonds. The van der Waals surface area contributed by atoms with E-state index >= 15 is 0 Å². The van der Waals surface area contributed by atoms with E-state index in [4.69, 9.17) is 9.72 Å². The Labute approximate surface area is 215 Å². The standard InChI is InChI=1S/C24H25N5O6S2/c1-25-37(33,34)19-5-3-4-17(12-19)22-26-13-20-23(27-22)28-10-11-35-15-21(28)24(30)29(20)14-16-6-8-18(9-7-16)36(2,31)32/h3-9,12-13,21,25H,10-11,14-15H2,1-2H3. The largest absolute Gasteiger partial charge is 0.377 e. The molecule has 1 unspecified atom stereocenters. The molecule has 11 nitrogen and oxygen atoms in total. The normalized spacial score (nSPS) is 17.9. The topological polar surface area (TPSA) is 139 Å². The maximum atomic E-state index is 13.5. The predicted octanol–water partition coefficient (Wildman–Crippen LogP) is 1.21. The summed E-state index contributed by atoms with van der Waals surface area (Å²) in [5, 5.41) is 0. The number of morpholine rings is 1. The number of nitrogens with zero attached hydrogens (tertiary/aromatic N) is 4. The van der Waals surface area contributed by atoms with Crippen molar-refractivity contribution in [2.24, 2.45) is 0 Å². The van der Waals surface area contributed by atoms with E-state index < -0.39 is 25.9 Å². The van der Waals surface area contributed by atoms with Gasteiger partial charge >= 0.3 is 0 Å². The van der Waals surface area contributed by atoms with Crippen LogP contribution in [0.4, 0.5) is 11.5 Å². The van der Waals surface area contributed by atoms with Crippen LogP contribution in [0.5, 0.6) is 0 Å². The SMILES string of the molecule is CNS(=O)(=O)c1cccc(-c2ncc3c(n2)N2CCOCC2C(=O)N3Cc2ccc(S(C)(=O)=O)cc2)c1. The molecule has 3 heterocycles. The third kappa shape index (κ3) is 4.82. The van der Waals surface area contributed by atoms with Crippen molar-refractivity contribution < 1.29 is 26.4 Å². The lowest BCUT2D eigenvalue weighted by Crippen LogP contribution is -2.58. The Morgan fingerprint density at radius 1 is 1.08 bits per heavy atom. The van der Waals surface area contributed by atoms with Crippen molar-refractivity contribution in [3.05, 3.63) is 60.3 Å². The first kappa shape index (κ1) is 25.3. The molecule has 1 N–H and O–H groups in total. The fourth-order valence-corrected chi connectivity index (χ4v) is 5.78. The second-order valence-electron chi connectivity index (χ2n) is 8.76. The van der Waals surface area contributed by atoms with E-state index in [-0.39, 0.29) is 28.8 Å². The summed E-state index contributed by atoms with van der Waals surface area (Å²) in [6.07, 6.45) is 2.70. The molecule has 1 aromatic heterocycles. The fraction of sp³-hybridized carbons (Fsp3) is 0.292. The second kappa shape index (κ2) is 9.49. The number of rotatable bonds is 6. The fourth-order valence-electron chi connectivity index (χ4n) is 4.38. The molecule has 1 fully saturated rings. The van der Waals surface area contributed by atoms with Crippen molar-refractivity contribution in [3.8, 4) is 11.4 Å². The average molecular weight is 544 g/mol. The Balaban J connectivity index is 1.55. The Hall–Kier alpha value is -3.39. The quantitative estimate of drug-likeness (QED) is 0.486. The van der Waals surface area contributed by atoms with E-state index in [2.05, 4.69) is 9.71 Å². The number of amides is 1. The minimum Gasteiger partial charge on any atom is -0.377 e. The van der Waals surface area contributed by atoms with Gasteiger partial charge < -0.3 is 14.5 Å². The van der Waals surface area contributed by atoms with Crippen LogP contribution in [0.15, 0.2) is 64.5 Å². The van der Waals surface area contributed by atoms with Crippen molar-refractivity contribution in [1.82, 2.24) is 14.7 Å². The van der Waals surface area contributed by atoms with Crippen LogP contribution < -0.4 is 14.5 Å². The first-order chi connectivity index (χ1) is 17.6. The van der Waals surface area contributed by atoms with E-state index in [0.29, 0.717) is 36.0 Å². The van der Waals surface area contributed by atoms with Crippen molar-refractivity contribution in [3.63, 3.8) is 0 Å². The van der Waals surface area contributed by atoms with Crippen LogP contribution in [0.2, 0.25) is 0 Å². The van der Waals surface area contributed by atoms with Gasteiger partial charge in [0.25, 0.3) is 5.91 Å². The molecule has 194 valence electrons. The number of hydrogen-bond donors (Lipinski definition) is 1. The van der Waals surface area contributed by atoms with Gasteiger partial charge in [-0.3, -0.25) is 4.79 Å². The van der Waals surface area contributed by atoms with Crippen LogP contribution in [0.25, 0.3) is 11.4 Å². The summed E-state index contributed by atoms with van der Waals surface area (Å²) in [5.74, 6) is 0.703. The molecule has 0 radical (unpaired) electrons. The molecular weight excluding hydrogens is 518 g/mol. The summed E-state index contributed by atoms with van der Waals surface area (Å²) < 4.78 is 56.1. The number of carbonyl (C=O) groups excluding carboxylic acids is 1.